The van der Waals surface area contributed by atoms with E-state index in [0.717, 1.165) is 6.33 Å². The molecule has 0 radical (unpaired) electrons. The lowest BCUT2D eigenvalue weighted by atomic mass is 9.60. The number of urea groups is 1. The van der Waals surface area contributed by atoms with Crippen molar-refractivity contribution < 1.29 is 31.1 Å². The van der Waals surface area contributed by atoms with Crippen molar-refractivity contribution in [1.29, 1.82) is 0 Å². The summed E-state index contributed by atoms with van der Waals surface area (Å²) in [5.74, 6) is -0.911. The molecule has 36 heavy (non-hydrogen) atoms. The third kappa shape index (κ3) is 4.16. The average Bonchev–Trinajstić information content (AvgIpc) is 3.28. The van der Waals surface area contributed by atoms with Crippen LogP contribution in [-0.2, 0) is 19.3 Å². The minimum absolute atomic E-state index is 0.00890. The number of tetrazole rings is 1. The van der Waals surface area contributed by atoms with Crippen molar-refractivity contribution in [3.05, 3.63) is 18.0 Å². The Hall–Kier alpha value is -2.98. The van der Waals surface area contributed by atoms with Crippen LogP contribution in [0, 0.1) is 10.8 Å². The highest BCUT2D eigenvalue weighted by Gasteiger charge is 2.58. The summed E-state index contributed by atoms with van der Waals surface area (Å²) in [6.07, 6.45) is -6.53. The van der Waals surface area contributed by atoms with Gasteiger partial charge in [-0.05, 0) is 18.1 Å². The molecule has 0 atom stereocenters. The third-order valence-corrected chi connectivity index (χ3v) is 7.42. The van der Waals surface area contributed by atoms with E-state index in [4.69, 9.17) is 0 Å². The first-order valence-corrected chi connectivity index (χ1v) is 11.4. The first-order chi connectivity index (χ1) is 16.8. The van der Waals surface area contributed by atoms with E-state index >= 15 is 0 Å². The van der Waals surface area contributed by atoms with Crippen molar-refractivity contribution in [3.63, 3.8) is 0 Å². The summed E-state index contributed by atoms with van der Waals surface area (Å²) in [7, 11) is 0. The number of likely N-dealkylation sites (tertiary alicyclic amines) is 3. The van der Waals surface area contributed by atoms with Gasteiger partial charge in [-0.25, -0.2) is 14.5 Å². The molecule has 5 heterocycles. The summed E-state index contributed by atoms with van der Waals surface area (Å²) in [5.41, 5.74) is -0.0674. The van der Waals surface area contributed by atoms with Gasteiger partial charge in [0.1, 0.15) is 6.33 Å². The molecule has 196 valence electrons. The maximum atomic E-state index is 12.8. The van der Waals surface area contributed by atoms with Gasteiger partial charge in [0.15, 0.2) is 12.4 Å². The summed E-state index contributed by atoms with van der Waals surface area (Å²) >= 11 is 0. The van der Waals surface area contributed by atoms with Gasteiger partial charge < -0.3 is 9.80 Å². The highest BCUT2D eigenvalue weighted by molar-refractivity contribution is 5.77. The van der Waals surface area contributed by atoms with Gasteiger partial charge >= 0.3 is 18.4 Å². The van der Waals surface area contributed by atoms with Gasteiger partial charge in [-0.15, -0.1) is 15.3 Å². The van der Waals surface area contributed by atoms with Crippen LogP contribution in [0.4, 0.5) is 31.1 Å². The Morgan fingerprint density at radius 1 is 0.944 bits per heavy atom. The molecule has 0 aromatic carbocycles. The van der Waals surface area contributed by atoms with Gasteiger partial charge in [-0.1, -0.05) is 0 Å². The van der Waals surface area contributed by atoms with Crippen LogP contribution in [-0.4, -0.2) is 101 Å². The summed E-state index contributed by atoms with van der Waals surface area (Å²) in [5, 5.41) is 14.4. The Balaban J connectivity index is 0.914. The van der Waals surface area contributed by atoms with E-state index in [-0.39, 0.29) is 28.7 Å². The summed E-state index contributed by atoms with van der Waals surface area (Å²) in [4.78, 5) is 22.2. The number of halogens is 6. The van der Waals surface area contributed by atoms with E-state index in [1.54, 1.807) is 9.80 Å². The number of hydrogen-bond donors (Lipinski definition) is 0. The predicted octanol–water partition coefficient (Wildman–Crippen LogP) is 1.42. The zero-order valence-corrected chi connectivity index (χ0v) is 18.9. The molecule has 1 aliphatic carbocycles. The summed E-state index contributed by atoms with van der Waals surface area (Å²) in [6.45, 7) is 2.82. The van der Waals surface area contributed by atoms with Crippen LogP contribution in [0.25, 0.3) is 0 Å². The van der Waals surface area contributed by atoms with Crippen LogP contribution in [0.3, 0.4) is 0 Å². The smallest absolute Gasteiger partial charge is 0.323 e. The lowest BCUT2D eigenvalue weighted by Gasteiger charge is -2.63. The molecular weight excluding hydrogens is 498 g/mol. The van der Waals surface area contributed by atoms with Gasteiger partial charge in [0.2, 0.25) is 0 Å². The van der Waals surface area contributed by atoms with Crippen molar-refractivity contribution in [2.24, 2.45) is 10.8 Å². The fourth-order valence-corrected chi connectivity index (χ4v) is 5.94. The lowest BCUT2D eigenvalue weighted by Crippen LogP contribution is -2.75. The number of hydrogen-bond acceptors (Lipinski definition) is 7. The first kappa shape index (κ1) is 23.4. The average molecular weight is 520 g/mol. The maximum absolute atomic E-state index is 12.8. The number of aromatic nitrogens is 7. The van der Waals surface area contributed by atoms with E-state index in [1.165, 1.54) is 4.68 Å². The third-order valence-electron chi connectivity index (χ3n) is 7.42. The van der Waals surface area contributed by atoms with Crippen LogP contribution in [0.2, 0.25) is 0 Å². The topological polar surface area (TPSA) is 101 Å². The molecule has 6 rings (SSSR count). The number of rotatable bonds is 4. The molecular formula is C19H22F6N10O. The molecule has 3 aliphatic heterocycles. The zero-order chi connectivity index (χ0) is 25.5. The number of carbonyl (C=O) groups excluding carboxylic acids is 1. The Kier molecular flexibility index (Phi) is 4.89. The fourth-order valence-electron chi connectivity index (χ4n) is 5.94. The lowest BCUT2D eigenvalue weighted by molar-refractivity contribution is -0.146. The second kappa shape index (κ2) is 7.52. The quantitative estimate of drug-likeness (QED) is 0.562. The minimum Gasteiger partial charge on any atom is -0.323 e. The second-order valence-electron chi connectivity index (χ2n) is 10.6. The van der Waals surface area contributed by atoms with E-state index < -0.39 is 24.7 Å². The normalized spacial score (nSPS) is 23.4. The maximum Gasteiger partial charge on any atom is 0.453 e. The molecule has 4 fully saturated rings. The van der Waals surface area contributed by atoms with Crippen LogP contribution in [0.5, 0.6) is 0 Å². The van der Waals surface area contributed by atoms with Gasteiger partial charge in [0.25, 0.3) is 5.82 Å². The van der Waals surface area contributed by atoms with Crippen LogP contribution in [0.1, 0.15) is 30.5 Å². The van der Waals surface area contributed by atoms with Gasteiger partial charge in [-0.3, -0.25) is 4.90 Å². The van der Waals surface area contributed by atoms with Crippen molar-refractivity contribution in [2.75, 3.05) is 39.3 Å². The molecule has 0 N–H and O–H groups in total. The molecule has 2 spiro atoms. The zero-order valence-electron chi connectivity index (χ0n) is 18.9. The molecule has 3 saturated heterocycles. The van der Waals surface area contributed by atoms with Gasteiger partial charge in [-0.2, -0.15) is 31.1 Å². The Bertz CT molecular complexity index is 1150. The van der Waals surface area contributed by atoms with E-state index in [2.05, 4.69) is 25.5 Å². The molecule has 11 nitrogen and oxygen atoms in total. The Labute approximate surface area is 200 Å². The fraction of sp³-hybridized carbons (Fsp3) is 0.789. The van der Waals surface area contributed by atoms with Crippen LogP contribution in [0.15, 0.2) is 6.33 Å². The van der Waals surface area contributed by atoms with Crippen molar-refractivity contribution >= 4 is 6.03 Å². The van der Waals surface area contributed by atoms with Crippen LogP contribution < -0.4 is 0 Å². The molecule has 0 bridgehead atoms. The van der Waals surface area contributed by atoms with Crippen molar-refractivity contribution in [1.82, 2.24) is 49.7 Å². The number of nitrogens with zero attached hydrogens (tertiary/aromatic N) is 10. The molecule has 2 amide bonds. The first-order valence-electron chi connectivity index (χ1n) is 11.4. The van der Waals surface area contributed by atoms with E-state index in [9.17, 15) is 31.1 Å². The van der Waals surface area contributed by atoms with Crippen LogP contribution >= 0.6 is 0 Å². The second-order valence-corrected chi connectivity index (χ2v) is 10.6. The number of alkyl halides is 6. The summed E-state index contributed by atoms with van der Waals surface area (Å²) in [6, 6.07) is -0.173. The highest BCUT2D eigenvalue weighted by atomic mass is 19.4. The number of amides is 2. The van der Waals surface area contributed by atoms with Gasteiger partial charge in [0.05, 0.1) is 12.6 Å². The molecule has 2 aromatic heterocycles. The Morgan fingerprint density at radius 3 is 2.17 bits per heavy atom. The Morgan fingerprint density at radius 2 is 1.58 bits per heavy atom. The molecule has 0 unspecified atom stereocenters. The van der Waals surface area contributed by atoms with Crippen molar-refractivity contribution in [2.45, 2.75) is 44.3 Å². The molecule has 17 heteroatoms. The standard InChI is InChI=1S/C19H22F6N10O/c20-18(21,22)10-35-28-13(27-30-35)3-31-4-17(5-31)8-33(9-17)15(36)32-6-16(7-32)1-12(2-16)34-11-26-14(29-34)19(23,24)25/h11-12H,1-10H2. The highest BCUT2D eigenvalue weighted by Crippen LogP contribution is 2.54. The largest absolute Gasteiger partial charge is 0.453 e. The predicted molar refractivity (Wildman–Crippen MR) is 106 cm³/mol. The van der Waals surface area contributed by atoms with Crippen molar-refractivity contribution in [3.8, 4) is 0 Å². The van der Waals surface area contributed by atoms with E-state index in [1.807, 2.05) is 4.90 Å². The molecule has 4 aliphatic rings. The SMILES string of the molecule is O=C(N1CC2(CC(n3cnc(C(F)(F)F)n3)C2)C1)N1CC2(CN(Cc3nnn(CC(F)(F)F)n3)C2)C1. The number of carbonyl (C=O) groups is 1. The van der Waals surface area contributed by atoms with E-state index in [0.29, 0.717) is 63.5 Å². The minimum atomic E-state index is -4.56. The van der Waals surface area contributed by atoms with Gasteiger partial charge in [0, 0.05) is 50.1 Å². The summed E-state index contributed by atoms with van der Waals surface area (Å²) < 4.78 is 76.6. The molecule has 2 aromatic rings. The monoisotopic (exact) mass is 520 g/mol. The molecule has 1 saturated carbocycles.